The minimum atomic E-state index is 0.290. The molecule has 1 rings (SSSR count). The number of nitrogen functional groups attached to an aromatic ring is 1. The molecule has 0 unspecified atom stereocenters. The van der Waals surface area contributed by atoms with E-state index in [0.29, 0.717) is 5.95 Å². The van der Waals surface area contributed by atoms with Crippen molar-refractivity contribution in [2.75, 3.05) is 50.1 Å². The van der Waals surface area contributed by atoms with Crippen LogP contribution in [-0.2, 0) is 0 Å². The molecule has 0 radical (unpaired) electrons. The Morgan fingerprint density at radius 1 is 1.18 bits per heavy atom. The van der Waals surface area contributed by atoms with Crippen LogP contribution in [0, 0.1) is 0 Å². The Labute approximate surface area is 103 Å². The van der Waals surface area contributed by atoms with E-state index in [2.05, 4.69) is 32.4 Å². The first kappa shape index (κ1) is 13.5. The second kappa shape index (κ2) is 6.90. The summed E-state index contributed by atoms with van der Waals surface area (Å²) in [6.45, 7) is 4.76. The number of anilines is 3. The highest BCUT2D eigenvalue weighted by Crippen LogP contribution is 2.12. The van der Waals surface area contributed by atoms with Crippen LogP contribution >= 0.6 is 0 Å². The maximum Gasteiger partial charge on any atom is 0.223 e. The highest BCUT2D eigenvalue weighted by Gasteiger charge is 2.01. The molecule has 0 amide bonds. The van der Waals surface area contributed by atoms with E-state index in [1.807, 2.05) is 20.2 Å². The van der Waals surface area contributed by atoms with Crippen molar-refractivity contribution in [2.45, 2.75) is 13.3 Å². The van der Waals surface area contributed by atoms with Crippen molar-refractivity contribution in [3.63, 3.8) is 0 Å². The SMILES string of the molecule is CCCNc1cc(NCCN(C)C)nc(N)n1. The van der Waals surface area contributed by atoms with Crippen molar-refractivity contribution in [1.29, 1.82) is 0 Å². The van der Waals surface area contributed by atoms with Crippen molar-refractivity contribution in [2.24, 2.45) is 0 Å². The van der Waals surface area contributed by atoms with E-state index in [9.17, 15) is 0 Å². The Bertz CT molecular complexity index is 339. The quantitative estimate of drug-likeness (QED) is 0.653. The van der Waals surface area contributed by atoms with Gasteiger partial charge in [-0.2, -0.15) is 9.97 Å². The predicted molar refractivity (Wildman–Crippen MR) is 72.3 cm³/mol. The third-order valence-corrected chi connectivity index (χ3v) is 2.16. The van der Waals surface area contributed by atoms with Crippen molar-refractivity contribution >= 4 is 17.6 Å². The number of likely N-dealkylation sites (N-methyl/N-ethyl adjacent to an activating group) is 1. The van der Waals surface area contributed by atoms with Gasteiger partial charge in [0.2, 0.25) is 5.95 Å². The summed E-state index contributed by atoms with van der Waals surface area (Å²) in [4.78, 5) is 10.4. The zero-order valence-corrected chi connectivity index (χ0v) is 10.8. The summed E-state index contributed by atoms with van der Waals surface area (Å²) in [7, 11) is 4.06. The van der Waals surface area contributed by atoms with Crippen LogP contribution in [0.3, 0.4) is 0 Å². The average Bonchev–Trinajstić information content (AvgIpc) is 2.25. The van der Waals surface area contributed by atoms with Crippen LogP contribution < -0.4 is 16.4 Å². The largest absolute Gasteiger partial charge is 0.370 e. The molecule has 0 aromatic carbocycles. The number of nitrogens with one attached hydrogen (secondary N) is 2. The summed E-state index contributed by atoms with van der Waals surface area (Å²) in [5, 5.41) is 6.41. The number of nitrogens with two attached hydrogens (primary N) is 1. The van der Waals surface area contributed by atoms with E-state index in [1.54, 1.807) is 0 Å². The van der Waals surface area contributed by atoms with Crippen LogP contribution in [0.25, 0.3) is 0 Å². The van der Waals surface area contributed by atoms with Crippen molar-refractivity contribution in [3.8, 4) is 0 Å². The Morgan fingerprint density at radius 3 is 2.29 bits per heavy atom. The molecule has 0 saturated heterocycles. The fourth-order valence-corrected chi connectivity index (χ4v) is 1.31. The summed E-state index contributed by atoms with van der Waals surface area (Å²) in [6.07, 6.45) is 1.05. The van der Waals surface area contributed by atoms with Gasteiger partial charge in [-0.25, -0.2) is 0 Å². The number of rotatable bonds is 7. The topological polar surface area (TPSA) is 79.1 Å². The molecule has 4 N–H and O–H groups in total. The van der Waals surface area contributed by atoms with Gasteiger partial charge in [0, 0.05) is 25.7 Å². The lowest BCUT2D eigenvalue weighted by molar-refractivity contribution is 0.425. The van der Waals surface area contributed by atoms with Gasteiger partial charge in [-0.1, -0.05) is 6.92 Å². The molecule has 0 aliphatic carbocycles. The van der Waals surface area contributed by atoms with Gasteiger partial charge in [0.1, 0.15) is 11.6 Å². The smallest absolute Gasteiger partial charge is 0.223 e. The maximum atomic E-state index is 5.65. The molecule has 0 spiro atoms. The van der Waals surface area contributed by atoms with Crippen LogP contribution in [0.2, 0.25) is 0 Å². The van der Waals surface area contributed by atoms with Gasteiger partial charge >= 0.3 is 0 Å². The van der Waals surface area contributed by atoms with Crippen LogP contribution in [0.5, 0.6) is 0 Å². The molecule has 1 aromatic rings. The molecule has 1 heterocycles. The van der Waals surface area contributed by atoms with E-state index < -0.39 is 0 Å². The van der Waals surface area contributed by atoms with Crippen LogP contribution in [0.15, 0.2) is 6.07 Å². The highest BCUT2D eigenvalue weighted by atomic mass is 15.1. The predicted octanol–water partition coefficient (Wildman–Crippen LogP) is 0.854. The zero-order chi connectivity index (χ0) is 12.7. The van der Waals surface area contributed by atoms with Crippen molar-refractivity contribution in [1.82, 2.24) is 14.9 Å². The Balaban J connectivity index is 2.55. The summed E-state index contributed by atoms with van der Waals surface area (Å²) in [5.41, 5.74) is 5.65. The molecule has 96 valence electrons. The molecule has 0 aliphatic rings. The van der Waals surface area contributed by atoms with Crippen LogP contribution in [-0.4, -0.2) is 48.6 Å². The zero-order valence-electron chi connectivity index (χ0n) is 10.8. The molecular weight excluding hydrogens is 216 g/mol. The van der Waals surface area contributed by atoms with Gasteiger partial charge < -0.3 is 21.3 Å². The first-order valence-corrected chi connectivity index (χ1v) is 5.89. The molecule has 0 aliphatic heterocycles. The number of hydrogen-bond acceptors (Lipinski definition) is 6. The van der Waals surface area contributed by atoms with E-state index in [1.165, 1.54) is 0 Å². The molecular formula is C11H22N6. The summed E-state index contributed by atoms with van der Waals surface area (Å²) < 4.78 is 0. The fraction of sp³-hybridized carbons (Fsp3) is 0.636. The molecule has 0 fully saturated rings. The van der Waals surface area contributed by atoms with E-state index in [0.717, 1.165) is 37.7 Å². The Kier molecular flexibility index (Phi) is 5.48. The molecule has 6 nitrogen and oxygen atoms in total. The monoisotopic (exact) mass is 238 g/mol. The second-order valence-corrected chi connectivity index (χ2v) is 4.15. The molecule has 17 heavy (non-hydrogen) atoms. The average molecular weight is 238 g/mol. The summed E-state index contributed by atoms with van der Waals surface area (Å²) >= 11 is 0. The van der Waals surface area contributed by atoms with Crippen LogP contribution in [0.4, 0.5) is 17.6 Å². The highest BCUT2D eigenvalue weighted by molar-refractivity contribution is 5.50. The fourth-order valence-electron chi connectivity index (χ4n) is 1.31. The molecule has 0 atom stereocenters. The number of nitrogens with zero attached hydrogens (tertiary/aromatic N) is 3. The molecule has 0 bridgehead atoms. The first-order valence-electron chi connectivity index (χ1n) is 5.89. The lowest BCUT2D eigenvalue weighted by Crippen LogP contribution is -2.21. The molecule has 0 saturated carbocycles. The standard InChI is InChI=1S/C11H22N6/c1-4-5-13-9-8-10(16-11(12)15-9)14-6-7-17(2)3/h8H,4-7H2,1-3H3,(H4,12,13,14,15,16). The van der Waals surface area contributed by atoms with Gasteiger partial charge in [-0.05, 0) is 20.5 Å². The van der Waals surface area contributed by atoms with Gasteiger partial charge in [0.25, 0.3) is 0 Å². The third kappa shape index (κ3) is 5.35. The Hall–Kier alpha value is -1.56. The number of hydrogen-bond donors (Lipinski definition) is 3. The van der Waals surface area contributed by atoms with Gasteiger partial charge in [-0.3, -0.25) is 0 Å². The van der Waals surface area contributed by atoms with Crippen LogP contribution in [0.1, 0.15) is 13.3 Å². The summed E-state index contributed by atoms with van der Waals surface area (Å²) in [6, 6.07) is 1.88. The maximum absolute atomic E-state index is 5.65. The minimum absolute atomic E-state index is 0.290. The molecule has 1 aromatic heterocycles. The van der Waals surface area contributed by atoms with E-state index in [-0.39, 0.29) is 0 Å². The lowest BCUT2D eigenvalue weighted by Gasteiger charge is -2.12. The summed E-state index contributed by atoms with van der Waals surface area (Å²) in [5.74, 6) is 1.82. The lowest BCUT2D eigenvalue weighted by atomic mass is 10.4. The third-order valence-electron chi connectivity index (χ3n) is 2.16. The second-order valence-electron chi connectivity index (χ2n) is 4.15. The normalized spacial score (nSPS) is 10.6. The van der Waals surface area contributed by atoms with Gasteiger partial charge in [0.15, 0.2) is 0 Å². The first-order chi connectivity index (χ1) is 8.11. The molecule has 6 heteroatoms. The van der Waals surface area contributed by atoms with E-state index >= 15 is 0 Å². The van der Waals surface area contributed by atoms with Gasteiger partial charge in [0.05, 0.1) is 0 Å². The number of aromatic nitrogens is 2. The van der Waals surface area contributed by atoms with E-state index in [4.69, 9.17) is 5.73 Å². The van der Waals surface area contributed by atoms with Crippen molar-refractivity contribution in [3.05, 3.63) is 6.07 Å². The Morgan fingerprint density at radius 2 is 1.76 bits per heavy atom. The van der Waals surface area contributed by atoms with Gasteiger partial charge in [-0.15, -0.1) is 0 Å². The van der Waals surface area contributed by atoms with Crippen molar-refractivity contribution < 1.29 is 0 Å². The minimum Gasteiger partial charge on any atom is -0.370 e.